The zero-order valence-electron chi connectivity index (χ0n) is 6.06. The first-order chi connectivity index (χ1) is 5.22. The minimum absolute atomic E-state index is 0.236. The fourth-order valence-corrected chi connectivity index (χ4v) is 0.537. The summed E-state index contributed by atoms with van der Waals surface area (Å²) in [6, 6.07) is 0. The van der Waals surface area contributed by atoms with Crippen LogP contribution < -0.4 is 0 Å². The van der Waals surface area contributed by atoms with E-state index in [-0.39, 0.29) is 6.61 Å². The third kappa shape index (κ3) is 5.06. The zero-order valence-corrected chi connectivity index (χ0v) is 6.96. The van der Waals surface area contributed by atoms with Crippen LogP contribution in [0.15, 0.2) is 0 Å². The van der Waals surface area contributed by atoms with E-state index in [4.69, 9.17) is 10.2 Å². The SMILES string of the molecule is O=C(OCCCS)C(O)CO. The van der Waals surface area contributed by atoms with Gasteiger partial charge in [0.1, 0.15) is 0 Å². The summed E-state index contributed by atoms with van der Waals surface area (Å²) in [5, 5.41) is 17.0. The van der Waals surface area contributed by atoms with Crippen molar-refractivity contribution in [3.8, 4) is 0 Å². The van der Waals surface area contributed by atoms with Crippen molar-refractivity contribution >= 4 is 18.6 Å². The number of hydrogen-bond acceptors (Lipinski definition) is 5. The number of hydrogen-bond donors (Lipinski definition) is 3. The van der Waals surface area contributed by atoms with Crippen LogP contribution in [0.3, 0.4) is 0 Å². The number of thiol groups is 1. The lowest BCUT2D eigenvalue weighted by Crippen LogP contribution is -2.26. The van der Waals surface area contributed by atoms with Crippen LogP contribution in [0.1, 0.15) is 6.42 Å². The molecule has 1 atom stereocenters. The second kappa shape index (κ2) is 6.45. The van der Waals surface area contributed by atoms with Crippen LogP contribution >= 0.6 is 12.6 Å². The van der Waals surface area contributed by atoms with Crippen molar-refractivity contribution < 1.29 is 19.7 Å². The Bertz CT molecular complexity index is 117. The van der Waals surface area contributed by atoms with Crippen molar-refractivity contribution in [1.82, 2.24) is 0 Å². The molecule has 66 valence electrons. The second-order valence-electron chi connectivity index (χ2n) is 1.94. The maximum atomic E-state index is 10.6. The first-order valence-corrected chi connectivity index (χ1v) is 3.92. The molecule has 0 aromatic rings. The Hall–Kier alpha value is -0.260. The quantitative estimate of drug-likeness (QED) is 0.294. The predicted molar refractivity (Wildman–Crippen MR) is 42.5 cm³/mol. The molecule has 5 heteroatoms. The zero-order chi connectivity index (χ0) is 8.69. The molecular weight excluding hydrogens is 168 g/mol. The average molecular weight is 180 g/mol. The van der Waals surface area contributed by atoms with Gasteiger partial charge in [-0.15, -0.1) is 0 Å². The topological polar surface area (TPSA) is 66.8 Å². The normalized spacial score (nSPS) is 12.6. The van der Waals surface area contributed by atoms with Crippen LogP contribution in [0.5, 0.6) is 0 Å². The highest BCUT2D eigenvalue weighted by atomic mass is 32.1. The summed E-state index contributed by atoms with van der Waals surface area (Å²) < 4.78 is 4.54. The molecule has 0 spiro atoms. The summed E-state index contributed by atoms with van der Waals surface area (Å²) in [7, 11) is 0. The molecule has 0 radical (unpaired) electrons. The molecule has 0 aromatic heterocycles. The number of carbonyl (C=O) groups is 1. The van der Waals surface area contributed by atoms with Gasteiger partial charge < -0.3 is 14.9 Å². The van der Waals surface area contributed by atoms with Crippen LogP contribution in [-0.2, 0) is 9.53 Å². The fourth-order valence-electron chi connectivity index (χ4n) is 0.408. The lowest BCUT2D eigenvalue weighted by molar-refractivity contribution is -0.155. The second-order valence-corrected chi connectivity index (χ2v) is 2.39. The van der Waals surface area contributed by atoms with Crippen LogP contribution in [0.4, 0.5) is 0 Å². The van der Waals surface area contributed by atoms with Gasteiger partial charge in [0.25, 0.3) is 0 Å². The van der Waals surface area contributed by atoms with Crippen LogP contribution in [-0.4, -0.2) is 41.3 Å². The van der Waals surface area contributed by atoms with Gasteiger partial charge in [-0.05, 0) is 12.2 Å². The molecule has 11 heavy (non-hydrogen) atoms. The van der Waals surface area contributed by atoms with E-state index in [1.165, 1.54) is 0 Å². The van der Waals surface area contributed by atoms with Gasteiger partial charge in [-0.1, -0.05) is 0 Å². The molecule has 0 saturated carbocycles. The standard InChI is InChI=1S/C6H12O4S/c7-4-5(8)6(9)10-2-1-3-11/h5,7-8,11H,1-4H2. The van der Waals surface area contributed by atoms with E-state index in [0.717, 1.165) is 0 Å². The third-order valence-corrected chi connectivity index (χ3v) is 1.31. The Kier molecular flexibility index (Phi) is 6.30. The molecule has 1 unspecified atom stereocenters. The molecule has 0 saturated heterocycles. The van der Waals surface area contributed by atoms with Gasteiger partial charge >= 0.3 is 5.97 Å². The van der Waals surface area contributed by atoms with E-state index in [2.05, 4.69) is 17.4 Å². The summed E-state index contributed by atoms with van der Waals surface area (Å²) >= 11 is 3.89. The van der Waals surface area contributed by atoms with Gasteiger partial charge in [-0.3, -0.25) is 0 Å². The van der Waals surface area contributed by atoms with E-state index in [1.807, 2.05) is 0 Å². The van der Waals surface area contributed by atoms with Crippen molar-refractivity contribution in [2.24, 2.45) is 0 Å². The molecule has 0 heterocycles. The molecule has 0 aliphatic rings. The predicted octanol–water partition coefficient (Wildman–Crippen LogP) is -0.797. The number of esters is 1. The van der Waals surface area contributed by atoms with Gasteiger partial charge in [0, 0.05) is 0 Å². The maximum absolute atomic E-state index is 10.6. The third-order valence-electron chi connectivity index (χ3n) is 0.992. The Balaban J connectivity index is 3.36. The van der Waals surface area contributed by atoms with Crippen molar-refractivity contribution in [3.05, 3.63) is 0 Å². The highest BCUT2D eigenvalue weighted by Gasteiger charge is 2.13. The van der Waals surface area contributed by atoms with Crippen LogP contribution in [0, 0.1) is 0 Å². The summed E-state index contributed by atoms with van der Waals surface area (Å²) in [6.45, 7) is -0.362. The lowest BCUT2D eigenvalue weighted by atomic mass is 10.4. The number of aliphatic hydroxyl groups excluding tert-OH is 2. The van der Waals surface area contributed by atoms with Crippen molar-refractivity contribution in [2.75, 3.05) is 19.0 Å². The fraction of sp³-hybridized carbons (Fsp3) is 0.833. The maximum Gasteiger partial charge on any atom is 0.337 e. The van der Waals surface area contributed by atoms with E-state index >= 15 is 0 Å². The van der Waals surface area contributed by atoms with Crippen LogP contribution in [0.25, 0.3) is 0 Å². The number of carbonyl (C=O) groups excluding carboxylic acids is 1. The summed E-state index contributed by atoms with van der Waals surface area (Å²) in [6.07, 6.45) is -0.762. The number of aliphatic hydroxyl groups is 2. The molecule has 0 fully saturated rings. The minimum atomic E-state index is -1.41. The Morgan fingerprint density at radius 1 is 1.64 bits per heavy atom. The Labute approximate surface area is 70.6 Å². The largest absolute Gasteiger partial charge is 0.464 e. The summed E-state index contributed by atoms with van der Waals surface area (Å²) in [4.78, 5) is 10.6. The molecule has 0 aliphatic carbocycles. The molecule has 0 bridgehead atoms. The molecule has 0 rings (SSSR count). The minimum Gasteiger partial charge on any atom is -0.464 e. The van der Waals surface area contributed by atoms with Crippen molar-refractivity contribution in [1.29, 1.82) is 0 Å². The summed E-state index contributed by atoms with van der Waals surface area (Å²) in [5.74, 6) is -0.156. The molecule has 0 aromatic carbocycles. The van der Waals surface area contributed by atoms with E-state index in [0.29, 0.717) is 12.2 Å². The van der Waals surface area contributed by atoms with Gasteiger partial charge in [-0.25, -0.2) is 4.79 Å². The number of rotatable bonds is 5. The van der Waals surface area contributed by atoms with E-state index in [9.17, 15) is 4.79 Å². The van der Waals surface area contributed by atoms with Gasteiger partial charge in [0.05, 0.1) is 13.2 Å². The van der Waals surface area contributed by atoms with E-state index in [1.54, 1.807) is 0 Å². The average Bonchev–Trinajstić information content (AvgIpc) is 2.03. The molecule has 0 amide bonds. The Morgan fingerprint density at radius 3 is 2.73 bits per heavy atom. The smallest absolute Gasteiger partial charge is 0.337 e. The summed E-state index contributed by atoms with van der Waals surface area (Å²) in [5.41, 5.74) is 0. The molecule has 0 aliphatic heterocycles. The molecular formula is C6H12O4S. The number of ether oxygens (including phenoxy) is 1. The van der Waals surface area contributed by atoms with Crippen molar-refractivity contribution in [3.63, 3.8) is 0 Å². The molecule has 2 N–H and O–H groups in total. The van der Waals surface area contributed by atoms with Crippen LogP contribution in [0.2, 0.25) is 0 Å². The van der Waals surface area contributed by atoms with Gasteiger partial charge in [-0.2, -0.15) is 12.6 Å². The highest BCUT2D eigenvalue weighted by Crippen LogP contribution is 1.90. The lowest BCUT2D eigenvalue weighted by Gasteiger charge is -2.06. The van der Waals surface area contributed by atoms with Gasteiger partial charge in [0.2, 0.25) is 0 Å². The van der Waals surface area contributed by atoms with E-state index < -0.39 is 18.7 Å². The first-order valence-electron chi connectivity index (χ1n) is 3.28. The van der Waals surface area contributed by atoms with Gasteiger partial charge in [0.15, 0.2) is 6.10 Å². The first kappa shape index (κ1) is 10.7. The van der Waals surface area contributed by atoms with Crippen molar-refractivity contribution in [2.45, 2.75) is 12.5 Å². The monoisotopic (exact) mass is 180 g/mol. The highest BCUT2D eigenvalue weighted by molar-refractivity contribution is 7.80. The molecule has 4 nitrogen and oxygen atoms in total. The Morgan fingerprint density at radius 2 is 2.27 bits per heavy atom.